The third-order valence-corrected chi connectivity index (χ3v) is 5.98. The molecule has 1 fully saturated rings. The topological polar surface area (TPSA) is 71.0 Å². The highest BCUT2D eigenvalue weighted by Gasteiger charge is 2.38. The van der Waals surface area contributed by atoms with Crippen LogP contribution >= 0.6 is 11.8 Å². The van der Waals surface area contributed by atoms with Crippen LogP contribution in [0.3, 0.4) is 0 Å². The molecule has 158 valence electrons. The quantitative estimate of drug-likeness (QED) is 0.699. The minimum Gasteiger partial charge on any atom is -0.497 e. The summed E-state index contributed by atoms with van der Waals surface area (Å²) in [5.74, 6) is 0.516. The first-order valence-electron chi connectivity index (χ1n) is 9.99. The summed E-state index contributed by atoms with van der Waals surface area (Å²) in [5.41, 5.74) is 3.60. The molecule has 1 aliphatic heterocycles. The van der Waals surface area contributed by atoms with E-state index in [1.54, 1.807) is 12.0 Å². The van der Waals surface area contributed by atoms with Gasteiger partial charge in [-0.3, -0.25) is 14.5 Å². The van der Waals surface area contributed by atoms with Gasteiger partial charge in [-0.2, -0.15) is 0 Å². The number of aryl methyl sites for hydroxylation is 2. The molecule has 0 aliphatic carbocycles. The lowest BCUT2D eigenvalue weighted by Crippen LogP contribution is -2.34. The standard InChI is InChI=1S/C23H27N3O3S/c1-5-12-26-22(28)20(14-21(27)25-19-13-15(2)6-7-16(19)3)30-23(26)24-17-8-10-18(29-4)11-9-17/h6-11,13,20H,5,12,14H2,1-4H3,(H,25,27). The largest absolute Gasteiger partial charge is 0.497 e. The number of methoxy groups -OCH3 is 1. The Balaban J connectivity index is 1.73. The fraction of sp³-hybridized carbons (Fsp3) is 0.348. The van der Waals surface area contributed by atoms with Crippen LogP contribution in [-0.2, 0) is 9.59 Å². The first-order valence-corrected chi connectivity index (χ1v) is 10.9. The van der Waals surface area contributed by atoms with E-state index in [-0.39, 0.29) is 18.2 Å². The fourth-order valence-corrected chi connectivity index (χ4v) is 4.35. The third-order valence-electron chi connectivity index (χ3n) is 4.80. The van der Waals surface area contributed by atoms with Gasteiger partial charge in [0.25, 0.3) is 0 Å². The van der Waals surface area contributed by atoms with Crippen molar-refractivity contribution in [3.05, 3.63) is 53.6 Å². The molecule has 0 saturated carbocycles. The van der Waals surface area contributed by atoms with E-state index in [9.17, 15) is 9.59 Å². The number of hydrogen-bond acceptors (Lipinski definition) is 5. The van der Waals surface area contributed by atoms with Gasteiger partial charge >= 0.3 is 0 Å². The summed E-state index contributed by atoms with van der Waals surface area (Å²) in [6, 6.07) is 13.3. The molecule has 2 aromatic carbocycles. The Kier molecular flexibility index (Phi) is 7.15. The summed E-state index contributed by atoms with van der Waals surface area (Å²) in [6.07, 6.45) is 0.925. The van der Waals surface area contributed by atoms with Gasteiger partial charge in [-0.05, 0) is 61.7 Å². The molecule has 0 bridgehead atoms. The number of nitrogens with zero attached hydrogens (tertiary/aromatic N) is 2. The first-order chi connectivity index (χ1) is 14.4. The molecule has 1 atom stereocenters. The third kappa shape index (κ3) is 5.21. The van der Waals surface area contributed by atoms with Gasteiger partial charge in [0, 0.05) is 18.7 Å². The van der Waals surface area contributed by atoms with Crippen molar-refractivity contribution in [2.75, 3.05) is 19.0 Å². The van der Waals surface area contributed by atoms with Crippen molar-refractivity contribution in [3.63, 3.8) is 0 Å². The second-order valence-electron chi connectivity index (χ2n) is 7.26. The van der Waals surface area contributed by atoms with Gasteiger partial charge in [-0.25, -0.2) is 4.99 Å². The Morgan fingerprint density at radius 3 is 2.60 bits per heavy atom. The summed E-state index contributed by atoms with van der Waals surface area (Å²) in [6.45, 7) is 6.53. The summed E-state index contributed by atoms with van der Waals surface area (Å²) in [4.78, 5) is 31.9. The summed E-state index contributed by atoms with van der Waals surface area (Å²) >= 11 is 1.35. The number of carbonyl (C=O) groups is 2. The first kappa shape index (κ1) is 21.9. The van der Waals surface area contributed by atoms with Gasteiger partial charge in [0.1, 0.15) is 11.0 Å². The van der Waals surface area contributed by atoms with E-state index in [0.29, 0.717) is 11.7 Å². The van der Waals surface area contributed by atoms with Crippen LogP contribution in [0.2, 0.25) is 0 Å². The number of amides is 2. The highest BCUT2D eigenvalue weighted by Crippen LogP contribution is 2.32. The van der Waals surface area contributed by atoms with Crippen molar-refractivity contribution < 1.29 is 14.3 Å². The van der Waals surface area contributed by atoms with Crippen LogP contribution in [-0.4, -0.2) is 40.8 Å². The number of anilines is 1. The Hall–Kier alpha value is -2.80. The SMILES string of the molecule is CCCN1C(=O)C(CC(=O)Nc2cc(C)ccc2C)SC1=Nc1ccc(OC)cc1. The number of benzene rings is 2. The Morgan fingerprint density at radius 2 is 1.93 bits per heavy atom. The number of aliphatic imine (C=N–C) groups is 1. The molecule has 1 unspecified atom stereocenters. The molecular weight excluding hydrogens is 398 g/mol. The predicted molar refractivity (Wildman–Crippen MR) is 123 cm³/mol. The zero-order valence-corrected chi connectivity index (χ0v) is 18.6. The van der Waals surface area contributed by atoms with Crippen LogP contribution in [0, 0.1) is 13.8 Å². The lowest BCUT2D eigenvalue weighted by atomic mass is 10.1. The number of rotatable bonds is 7. The van der Waals surface area contributed by atoms with Gasteiger partial charge in [0.05, 0.1) is 12.8 Å². The van der Waals surface area contributed by atoms with E-state index < -0.39 is 5.25 Å². The molecular formula is C23H27N3O3S. The normalized spacial score (nSPS) is 17.5. The fourth-order valence-electron chi connectivity index (χ4n) is 3.16. The van der Waals surface area contributed by atoms with Crippen molar-refractivity contribution in [2.45, 2.75) is 38.9 Å². The minimum absolute atomic E-state index is 0.0646. The lowest BCUT2D eigenvalue weighted by molar-refractivity contribution is -0.128. The van der Waals surface area contributed by atoms with E-state index in [0.717, 1.165) is 34.7 Å². The smallest absolute Gasteiger partial charge is 0.242 e. The lowest BCUT2D eigenvalue weighted by Gasteiger charge is -2.15. The Bertz CT molecular complexity index is 957. The van der Waals surface area contributed by atoms with E-state index in [2.05, 4.69) is 10.3 Å². The van der Waals surface area contributed by atoms with Crippen molar-refractivity contribution in [3.8, 4) is 5.75 Å². The average molecular weight is 426 g/mol. The average Bonchev–Trinajstić information content (AvgIpc) is 3.00. The molecule has 1 heterocycles. The molecule has 0 radical (unpaired) electrons. The summed E-state index contributed by atoms with van der Waals surface area (Å²) < 4.78 is 5.18. The minimum atomic E-state index is -0.473. The van der Waals surface area contributed by atoms with E-state index in [4.69, 9.17) is 4.74 Å². The molecule has 1 N–H and O–H groups in total. The second-order valence-corrected chi connectivity index (χ2v) is 8.43. The van der Waals surface area contributed by atoms with Crippen molar-refractivity contribution in [1.82, 2.24) is 4.90 Å². The van der Waals surface area contributed by atoms with E-state index >= 15 is 0 Å². The van der Waals surface area contributed by atoms with Gasteiger partial charge in [-0.1, -0.05) is 30.8 Å². The molecule has 2 aromatic rings. The molecule has 0 spiro atoms. The second kappa shape index (κ2) is 9.80. The van der Waals surface area contributed by atoms with Crippen LogP contribution in [0.4, 0.5) is 11.4 Å². The highest BCUT2D eigenvalue weighted by molar-refractivity contribution is 8.15. The van der Waals surface area contributed by atoms with E-state index in [1.165, 1.54) is 11.8 Å². The molecule has 6 nitrogen and oxygen atoms in total. The summed E-state index contributed by atoms with van der Waals surface area (Å²) in [5, 5.41) is 3.11. The molecule has 1 saturated heterocycles. The van der Waals surface area contributed by atoms with Crippen molar-refractivity contribution in [1.29, 1.82) is 0 Å². The molecule has 2 amide bonds. The van der Waals surface area contributed by atoms with Gasteiger partial charge in [-0.15, -0.1) is 0 Å². The zero-order valence-electron chi connectivity index (χ0n) is 17.8. The molecule has 3 rings (SSSR count). The van der Waals surface area contributed by atoms with Crippen LogP contribution in [0.5, 0.6) is 5.75 Å². The number of thioether (sulfide) groups is 1. The molecule has 0 aromatic heterocycles. The maximum absolute atomic E-state index is 12.9. The van der Waals surface area contributed by atoms with Gasteiger partial charge in [0.2, 0.25) is 11.8 Å². The van der Waals surface area contributed by atoms with Crippen molar-refractivity contribution >= 4 is 40.1 Å². The van der Waals surface area contributed by atoms with Crippen LogP contribution in [0.1, 0.15) is 30.9 Å². The van der Waals surface area contributed by atoms with Gasteiger partial charge < -0.3 is 10.1 Å². The number of amidine groups is 1. The number of carbonyl (C=O) groups excluding carboxylic acids is 2. The monoisotopic (exact) mass is 425 g/mol. The van der Waals surface area contributed by atoms with Crippen molar-refractivity contribution in [2.24, 2.45) is 4.99 Å². The Morgan fingerprint density at radius 1 is 1.20 bits per heavy atom. The summed E-state index contributed by atoms with van der Waals surface area (Å²) in [7, 11) is 1.61. The molecule has 30 heavy (non-hydrogen) atoms. The molecule has 7 heteroatoms. The number of ether oxygens (including phenoxy) is 1. The maximum atomic E-state index is 12.9. The number of hydrogen-bond donors (Lipinski definition) is 1. The van der Waals surface area contributed by atoms with Crippen LogP contribution in [0.15, 0.2) is 47.5 Å². The predicted octanol–water partition coefficient (Wildman–Crippen LogP) is 4.68. The number of nitrogens with one attached hydrogen (secondary N) is 1. The highest BCUT2D eigenvalue weighted by atomic mass is 32.2. The molecule has 1 aliphatic rings. The zero-order chi connectivity index (χ0) is 21.7. The van der Waals surface area contributed by atoms with Crippen LogP contribution in [0.25, 0.3) is 0 Å². The maximum Gasteiger partial charge on any atom is 0.242 e. The van der Waals surface area contributed by atoms with Crippen LogP contribution < -0.4 is 10.1 Å². The Labute approximate surface area is 181 Å². The van der Waals surface area contributed by atoms with E-state index in [1.807, 2.05) is 63.2 Å². The van der Waals surface area contributed by atoms with Gasteiger partial charge in [0.15, 0.2) is 5.17 Å².